The molecule has 0 saturated heterocycles. The van der Waals surface area contributed by atoms with Gasteiger partial charge >= 0.3 is 5.97 Å². The van der Waals surface area contributed by atoms with Gasteiger partial charge in [0.1, 0.15) is 13.2 Å². The first-order valence-corrected chi connectivity index (χ1v) is 6.56. The number of hydrogen-bond donors (Lipinski definition) is 1. The van der Waals surface area contributed by atoms with Crippen LogP contribution in [0.5, 0.6) is 0 Å². The summed E-state index contributed by atoms with van der Waals surface area (Å²) >= 11 is 0. The van der Waals surface area contributed by atoms with Gasteiger partial charge in [0.15, 0.2) is 0 Å². The number of esters is 1. The SMILES string of the molecule is CCC(C)n1ccc(COC(=O)Cn2cc(N)cn2)n1. The van der Waals surface area contributed by atoms with E-state index in [4.69, 9.17) is 10.5 Å². The van der Waals surface area contributed by atoms with E-state index in [0.29, 0.717) is 11.7 Å². The average molecular weight is 277 g/mol. The smallest absolute Gasteiger partial charge is 0.328 e. The van der Waals surface area contributed by atoms with E-state index >= 15 is 0 Å². The standard InChI is InChI=1S/C13H19N5O2/c1-3-10(2)18-5-4-12(16-18)9-20-13(19)8-17-7-11(14)6-15-17/h4-7,10H,3,8-9,14H2,1-2H3. The quantitative estimate of drug-likeness (QED) is 0.806. The van der Waals surface area contributed by atoms with Crippen LogP contribution in [0, 0.1) is 0 Å². The van der Waals surface area contributed by atoms with Gasteiger partial charge in [0.05, 0.1) is 17.6 Å². The minimum absolute atomic E-state index is 0.0449. The van der Waals surface area contributed by atoms with E-state index < -0.39 is 0 Å². The molecule has 2 aromatic heterocycles. The summed E-state index contributed by atoms with van der Waals surface area (Å²) in [5.74, 6) is -0.369. The Balaban J connectivity index is 1.82. The third kappa shape index (κ3) is 3.59. The van der Waals surface area contributed by atoms with Crippen molar-refractivity contribution in [3.05, 3.63) is 30.4 Å². The first-order chi connectivity index (χ1) is 9.58. The molecular formula is C13H19N5O2. The Kier molecular flexibility index (Phi) is 4.39. The second kappa shape index (κ2) is 6.23. The number of ether oxygens (including phenoxy) is 1. The summed E-state index contributed by atoms with van der Waals surface area (Å²) in [4.78, 5) is 11.6. The highest BCUT2D eigenvalue weighted by atomic mass is 16.5. The predicted molar refractivity (Wildman–Crippen MR) is 73.7 cm³/mol. The Morgan fingerprint density at radius 1 is 1.55 bits per heavy atom. The van der Waals surface area contributed by atoms with E-state index in [1.807, 2.05) is 16.9 Å². The van der Waals surface area contributed by atoms with E-state index in [1.165, 1.54) is 10.9 Å². The normalized spacial score (nSPS) is 12.3. The molecule has 7 heteroatoms. The van der Waals surface area contributed by atoms with Crippen LogP contribution < -0.4 is 5.73 Å². The number of nitrogen functional groups attached to an aromatic ring is 1. The molecule has 0 aliphatic heterocycles. The summed E-state index contributed by atoms with van der Waals surface area (Å²) in [6.07, 6.45) is 5.97. The third-order valence-electron chi connectivity index (χ3n) is 3.03. The van der Waals surface area contributed by atoms with Crippen molar-refractivity contribution in [2.75, 3.05) is 5.73 Å². The highest BCUT2D eigenvalue weighted by Gasteiger charge is 2.09. The lowest BCUT2D eigenvalue weighted by molar-refractivity contribution is -0.146. The molecule has 20 heavy (non-hydrogen) atoms. The molecule has 2 rings (SSSR count). The van der Waals surface area contributed by atoms with Gasteiger partial charge in [0.25, 0.3) is 0 Å². The fourth-order valence-electron chi connectivity index (χ4n) is 1.69. The molecule has 1 unspecified atom stereocenters. The van der Waals surface area contributed by atoms with Crippen LogP contribution in [-0.4, -0.2) is 25.5 Å². The van der Waals surface area contributed by atoms with Crippen molar-refractivity contribution in [1.82, 2.24) is 19.6 Å². The highest BCUT2D eigenvalue weighted by molar-refractivity contribution is 5.69. The molecule has 0 radical (unpaired) electrons. The topological polar surface area (TPSA) is 88.0 Å². The Morgan fingerprint density at radius 2 is 2.35 bits per heavy atom. The zero-order valence-electron chi connectivity index (χ0n) is 11.7. The van der Waals surface area contributed by atoms with Gasteiger partial charge in [0, 0.05) is 18.4 Å². The van der Waals surface area contributed by atoms with Gasteiger partial charge in [-0.15, -0.1) is 0 Å². The zero-order chi connectivity index (χ0) is 14.5. The summed E-state index contributed by atoms with van der Waals surface area (Å²) in [5.41, 5.74) is 6.77. The minimum Gasteiger partial charge on any atom is -0.458 e. The molecule has 108 valence electrons. The summed E-state index contributed by atoms with van der Waals surface area (Å²) in [6, 6.07) is 2.19. The van der Waals surface area contributed by atoms with Crippen molar-refractivity contribution < 1.29 is 9.53 Å². The Labute approximate surface area is 117 Å². The maximum Gasteiger partial charge on any atom is 0.328 e. The molecule has 0 aliphatic rings. The van der Waals surface area contributed by atoms with Crippen molar-refractivity contribution in [3.63, 3.8) is 0 Å². The van der Waals surface area contributed by atoms with E-state index in [1.54, 1.807) is 6.20 Å². The van der Waals surface area contributed by atoms with Gasteiger partial charge in [-0.25, -0.2) is 0 Å². The summed E-state index contributed by atoms with van der Waals surface area (Å²) in [6.45, 7) is 4.40. The first-order valence-electron chi connectivity index (χ1n) is 6.56. The van der Waals surface area contributed by atoms with Gasteiger partial charge in [0.2, 0.25) is 0 Å². The van der Waals surface area contributed by atoms with Crippen molar-refractivity contribution >= 4 is 11.7 Å². The molecule has 1 atom stereocenters. The number of carbonyl (C=O) groups excluding carboxylic acids is 1. The maximum atomic E-state index is 11.6. The number of carbonyl (C=O) groups is 1. The molecule has 0 spiro atoms. The molecule has 0 aliphatic carbocycles. The molecule has 0 aromatic carbocycles. The lowest BCUT2D eigenvalue weighted by Gasteiger charge is -2.08. The van der Waals surface area contributed by atoms with Crippen molar-refractivity contribution in [1.29, 1.82) is 0 Å². The Morgan fingerprint density at radius 3 is 3.00 bits per heavy atom. The predicted octanol–water partition coefficient (Wildman–Crippen LogP) is 1.38. The molecular weight excluding hydrogens is 258 g/mol. The lowest BCUT2D eigenvalue weighted by Crippen LogP contribution is -2.14. The molecule has 0 saturated carbocycles. The Bertz CT molecular complexity index is 575. The minimum atomic E-state index is -0.369. The van der Waals surface area contributed by atoms with E-state index in [0.717, 1.165) is 12.1 Å². The summed E-state index contributed by atoms with van der Waals surface area (Å²) in [7, 11) is 0. The van der Waals surface area contributed by atoms with Crippen LogP contribution in [0.1, 0.15) is 32.0 Å². The average Bonchev–Trinajstić information content (AvgIpc) is 3.05. The maximum absolute atomic E-state index is 11.6. The van der Waals surface area contributed by atoms with Gasteiger partial charge in [-0.3, -0.25) is 14.2 Å². The number of nitrogens with zero attached hydrogens (tertiary/aromatic N) is 4. The van der Waals surface area contributed by atoms with Crippen LogP contribution in [0.2, 0.25) is 0 Å². The van der Waals surface area contributed by atoms with Crippen LogP contribution in [0.25, 0.3) is 0 Å². The van der Waals surface area contributed by atoms with E-state index in [9.17, 15) is 4.79 Å². The van der Waals surface area contributed by atoms with Crippen LogP contribution in [0.3, 0.4) is 0 Å². The monoisotopic (exact) mass is 277 g/mol. The second-order valence-corrected chi connectivity index (χ2v) is 4.68. The summed E-state index contributed by atoms with van der Waals surface area (Å²) in [5, 5.41) is 8.28. The molecule has 2 heterocycles. The molecule has 2 aromatic rings. The van der Waals surface area contributed by atoms with E-state index in [-0.39, 0.29) is 19.1 Å². The largest absolute Gasteiger partial charge is 0.458 e. The van der Waals surface area contributed by atoms with Gasteiger partial charge < -0.3 is 10.5 Å². The van der Waals surface area contributed by atoms with Crippen LogP contribution in [0.4, 0.5) is 5.69 Å². The van der Waals surface area contributed by atoms with Crippen molar-refractivity contribution in [2.45, 2.75) is 39.5 Å². The van der Waals surface area contributed by atoms with Crippen LogP contribution >= 0.6 is 0 Å². The molecule has 0 amide bonds. The molecule has 0 fully saturated rings. The van der Waals surface area contributed by atoms with Crippen LogP contribution in [-0.2, 0) is 22.7 Å². The van der Waals surface area contributed by atoms with Gasteiger partial charge in [-0.05, 0) is 19.4 Å². The lowest BCUT2D eigenvalue weighted by atomic mass is 10.3. The molecule has 7 nitrogen and oxygen atoms in total. The number of anilines is 1. The number of aromatic nitrogens is 4. The fourth-order valence-corrected chi connectivity index (χ4v) is 1.69. The molecule has 2 N–H and O–H groups in total. The third-order valence-corrected chi connectivity index (χ3v) is 3.03. The Hall–Kier alpha value is -2.31. The number of rotatable bonds is 6. The van der Waals surface area contributed by atoms with Crippen molar-refractivity contribution in [3.8, 4) is 0 Å². The van der Waals surface area contributed by atoms with E-state index in [2.05, 4.69) is 24.0 Å². The number of hydrogen-bond acceptors (Lipinski definition) is 5. The van der Waals surface area contributed by atoms with Crippen molar-refractivity contribution in [2.24, 2.45) is 0 Å². The molecule has 0 bridgehead atoms. The second-order valence-electron chi connectivity index (χ2n) is 4.68. The first kappa shape index (κ1) is 14.1. The summed E-state index contributed by atoms with van der Waals surface area (Å²) < 4.78 is 8.46. The number of nitrogens with two attached hydrogens (primary N) is 1. The zero-order valence-corrected chi connectivity index (χ0v) is 11.7. The van der Waals surface area contributed by atoms with Crippen LogP contribution in [0.15, 0.2) is 24.7 Å². The fraction of sp³-hybridized carbons (Fsp3) is 0.462. The highest BCUT2D eigenvalue weighted by Crippen LogP contribution is 2.09. The van der Waals surface area contributed by atoms with Gasteiger partial charge in [-0.1, -0.05) is 6.92 Å². The van der Waals surface area contributed by atoms with Gasteiger partial charge in [-0.2, -0.15) is 10.2 Å².